The second-order valence-electron chi connectivity index (χ2n) is 4.95. The molecule has 1 unspecified atom stereocenters. The zero-order valence-electron chi connectivity index (χ0n) is 10.4. The molecule has 0 saturated carbocycles. The molecule has 0 aromatic heterocycles. The van der Waals surface area contributed by atoms with Gasteiger partial charge in [-0.2, -0.15) is 0 Å². The van der Waals surface area contributed by atoms with Crippen LogP contribution in [0, 0.1) is 0 Å². The van der Waals surface area contributed by atoms with E-state index in [9.17, 15) is 4.79 Å². The third-order valence-corrected chi connectivity index (χ3v) is 2.58. The van der Waals surface area contributed by atoms with E-state index < -0.39 is 5.60 Å². The first-order valence-electron chi connectivity index (χ1n) is 5.51. The van der Waals surface area contributed by atoms with Crippen LogP contribution in [-0.2, 0) is 9.53 Å². The number of hydrogen-bond donors (Lipinski definition) is 1. The van der Waals surface area contributed by atoms with Crippen LogP contribution in [0.25, 0.3) is 0 Å². The Hall–Kier alpha value is -0.870. The van der Waals surface area contributed by atoms with Crippen molar-refractivity contribution < 1.29 is 9.53 Å². The van der Waals surface area contributed by atoms with E-state index in [0.717, 1.165) is 10.0 Å². The average Bonchev–Trinajstić information content (AvgIpc) is 2.14. The largest absolute Gasteiger partial charge is 0.460 e. The van der Waals surface area contributed by atoms with Gasteiger partial charge in [-0.25, -0.2) is 0 Å². The molecular formula is C13H18BrNO2. The van der Waals surface area contributed by atoms with Gasteiger partial charge in [0.2, 0.25) is 0 Å². The minimum Gasteiger partial charge on any atom is -0.460 e. The Balaban J connectivity index is 2.61. The summed E-state index contributed by atoms with van der Waals surface area (Å²) in [5.41, 5.74) is 6.42. The first kappa shape index (κ1) is 14.2. The maximum Gasteiger partial charge on any atom is 0.308 e. The number of esters is 1. The van der Waals surface area contributed by atoms with Crippen molar-refractivity contribution >= 4 is 21.9 Å². The van der Waals surface area contributed by atoms with Gasteiger partial charge in [-0.15, -0.1) is 0 Å². The minimum atomic E-state index is -0.464. The molecule has 4 heteroatoms. The van der Waals surface area contributed by atoms with E-state index in [1.807, 2.05) is 45.0 Å². The van der Waals surface area contributed by atoms with Crippen molar-refractivity contribution in [2.24, 2.45) is 5.73 Å². The topological polar surface area (TPSA) is 52.3 Å². The van der Waals surface area contributed by atoms with Crippen LogP contribution in [0.3, 0.4) is 0 Å². The number of ether oxygens (including phenoxy) is 1. The molecule has 1 aromatic carbocycles. The molecule has 17 heavy (non-hydrogen) atoms. The summed E-state index contributed by atoms with van der Waals surface area (Å²) >= 11 is 3.37. The van der Waals surface area contributed by atoms with Crippen molar-refractivity contribution in [1.82, 2.24) is 0 Å². The van der Waals surface area contributed by atoms with Crippen molar-refractivity contribution in [3.63, 3.8) is 0 Å². The van der Waals surface area contributed by atoms with E-state index in [1.165, 1.54) is 0 Å². The molecule has 0 radical (unpaired) electrons. The second kappa shape index (κ2) is 5.65. The summed E-state index contributed by atoms with van der Waals surface area (Å²) in [6.07, 6.45) is 0.188. The Morgan fingerprint density at radius 1 is 1.47 bits per heavy atom. The van der Waals surface area contributed by atoms with Crippen LogP contribution in [0.5, 0.6) is 0 Å². The number of nitrogens with two attached hydrogens (primary N) is 1. The Bertz CT molecular complexity index is 399. The lowest BCUT2D eigenvalue weighted by atomic mass is 10.0. The average molecular weight is 300 g/mol. The van der Waals surface area contributed by atoms with Crippen LogP contribution < -0.4 is 5.73 Å². The molecule has 0 heterocycles. The Labute approximate surface area is 110 Å². The SMILES string of the molecule is CC(C)(C)OC(=O)CC(N)c1cccc(Br)c1. The van der Waals surface area contributed by atoms with Crippen molar-refractivity contribution in [1.29, 1.82) is 0 Å². The Morgan fingerprint density at radius 3 is 2.65 bits per heavy atom. The highest BCUT2D eigenvalue weighted by Crippen LogP contribution is 2.20. The summed E-state index contributed by atoms with van der Waals surface area (Å²) in [6.45, 7) is 5.53. The summed E-state index contributed by atoms with van der Waals surface area (Å²) in [5.74, 6) is -0.273. The maximum atomic E-state index is 11.6. The van der Waals surface area contributed by atoms with Gasteiger partial charge in [0.05, 0.1) is 6.42 Å². The van der Waals surface area contributed by atoms with Crippen molar-refractivity contribution in [3.05, 3.63) is 34.3 Å². The Kier molecular flexibility index (Phi) is 4.71. The van der Waals surface area contributed by atoms with Crippen LogP contribution in [0.15, 0.2) is 28.7 Å². The van der Waals surface area contributed by atoms with Gasteiger partial charge in [0.25, 0.3) is 0 Å². The molecule has 0 saturated heterocycles. The van der Waals surface area contributed by atoms with Crippen LogP contribution in [0.1, 0.15) is 38.8 Å². The summed E-state index contributed by atoms with van der Waals surface area (Å²) in [4.78, 5) is 11.6. The summed E-state index contributed by atoms with van der Waals surface area (Å²) < 4.78 is 6.18. The zero-order valence-corrected chi connectivity index (χ0v) is 12.0. The maximum absolute atomic E-state index is 11.6. The number of halogens is 1. The van der Waals surface area contributed by atoms with Crippen LogP contribution in [0.2, 0.25) is 0 Å². The summed E-state index contributed by atoms with van der Waals surface area (Å²) in [7, 11) is 0. The summed E-state index contributed by atoms with van der Waals surface area (Å²) in [6, 6.07) is 7.30. The lowest BCUT2D eigenvalue weighted by Crippen LogP contribution is -2.26. The van der Waals surface area contributed by atoms with Gasteiger partial charge < -0.3 is 10.5 Å². The van der Waals surface area contributed by atoms with Gasteiger partial charge in [0, 0.05) is 10.5 Å². The lowest BCUT2D eigenvalue weighted by Gasteiger charge is -2.21. The molecule has 1 rings (SSSR count). The van der Waals surface area contributed by atoms with Crippen molar-refractivity contribution in [3.8, 4) is 0 Å². The third-order valence-electron chi connectivity index (χ3n) is 2.08. The normalized spacial score (nSPS) is 13.2. The molecule has 2 N–H and O–H groups in total. The van der Waals surface area contributed by atoms with Gasteiger partial charge in [0.1, 0.15) is 5.60 Å². The number of carbonyl (C=O) groups is 1. The molecule has 0 fully saturated rings. The first-order chi connectivity index (χ1) is 7.78. The minimum absolute atomic E-state index is 0.188. The van der Waals surface area contributed by atoms with Crippen LogP contribution in [-0.4, -0.2) is 11.6 Å². The first-order valence-corrected chi connectivity index (χ1v) is 6.30. The highest BCUT2D eigenvalue weighted by atomic mass is 79.9. The van der Waals surface area contributed by atoms with E-state index in [0.29, 0.717) is 0 Å². The van der Waals surface area contributed by atoms with E-state index in [4.69, 9.17) is 10.5 Å². The molecule has 0 amide bonds. The highest BCUT2D eigenvalue weighted by molar-refractivity contribution is 9.10. The Morgan fingerprint density at radius 2 is 2.12 bits per heavy atom. The van der Waals surface area contributed by atoms with E-state index in [1.54, 1.807) is 0 Å². The molecule has 0 spiro atoms. The standard InChI is InChI=1S/C13H18BrNO2/c1-13(2,3)17-12(16)8-11(15)9-5-4-6-10(14)7-9/h4-7,11H,8,15H2,1-3H3. The molecule has 0 aliphatic heterocycles. The third kappa shape index (κ3) is 5.33. The number of rotatable bonds is 3. The molecule has 3 nitrogen and oxygen atoms in total. The lowest BCUT2D eigenvalue weighted by molar-refractivity contribution is -0.155. The molecule has 0 aliphatic carbocycles. The predicted octanol–water partition coefficient (Wildman–Crippen LogP) is 3.18. The van der Waals surface area contributed by atoms with E-state index >= 15 is 0 Å². The summed E-state index contributed by atoms with van der Waals surface area (Å²) in [5, 5.41) is 0. The van der Waals surface area contributed by atoms with Gasteiger partial charge in [-0.1, -0.05) is 28.1 Å². The fraction of sp³-hybridized carbons (Fsp3) is 0.462. The van der Waals surface area contributed by atoms with E-state index in [-0.39, 0.29) is 18.4 Å². The van der Waals surface area contributed by atoms with Crippen LogP contribution >= 0.6 is 15.9 Å². The molecule has 0 aliphatic rings. The second-order valence-corrected chi connectivity index (χ2v) is 5.87. The van der Waals surface area contributed by atoms with Crippen LogP contribution in [0.4, 0.5) is 0 Å². The molecule has 1 atom stereocenters. The fourth-order valence-electron chi connectivity index (χ4n) is 1.42. The van der Waals surface area contributed by atoms with Crippen molar-refractivity contribution in [2.75, 3.05) is 0 Å². The van der Waals surface area contributed by atoms with Gasteiger partial charge in [-0.3, -0.25) is 4.79 Å². The number of hydrogen-bond acceptors (Lipinski definition) is 3. The molecule has 1 aromatic rings. The van der Waals surface area contributed by atoms with Gasteiger partial charge >= 0.3 is 5.97 Å². The molecular weight excluding hydrogens is 282 g/mol. The molecule has 0 bridgehead atoms. The highest BCUT2D eigenvalue weighted by Gasteiger charge is 2.19. The van der Waals surface area contributed by atoms with Gasteiger partial charge in [-0.05, 0) is 38.5 Å². The molecule has 94 valence electrons. The smallest absolute Gasteiger partial charge is 0.308 e. The number of carbonyl (C=O) groups excluding carboxylic acids is 1. The number of benzene rings is 1. The fourth-order valence-corrected chi connectivity index (χ4v) is 1.83. The monoisotopic (exact) mass is 299 g/mol. The quantitative estimate of drug-likeness (QED) is 0.872. The predicted molar refractivity (Wildman–Crippen MR) is 71.5 cm³/mol. The van der Waals surface area contributed by atoms with Gasteiger partial charge in [0.15, 0.2) is 0 Å². The van der Waals surface area contributed by atoms with Crippen molar-refractivity contribution in [2.45, 2.75) is 38.8 Å². The zero-order chi connectivity index (χ0) is 13.1. The van der Waals surface area contributed by atoms with E-state index in [2.05, 4.69) is 15.9 Å².